The van der Waals surface area contributed by atoms with Gasteiger partial charge in [-0.25, -0.2) is 0 Å². The number of nitro benzene ring substituents is 1. The number of carbonyl (C=O) groups excluding carboxylic acids is 2. The van der Waals surface area contributed by atoms with Gasteiger partial charge in [-0.1, -0.05) is 50.6 Å². The summed E-state index contributed by atoms with van der Waals surface area (Å²) in [4.78, 5) is 33.7. The van der Waals surface area contributed by atoms with E-state index in [0.29, 0.717) is 6.61 Å². The van der Waals surface area contributed by atoms with Gasteiger partial charge in [0.25, 0.3) is 5.69 Å². The molecule has 8 heteroatoms. The number of nitro groups is 1. The van der Waals surface area contributed by atoms with E-state index in [1.165, 1.54) is 37.5 Å². The molecule has 0 N–H and O–H groups in total. The number of hydrogen-bond acceptors (Lipinski definition) is 6. The Hall–Kier alpha value is -2.15. The average molecular weight is 400 g/mol. The molecule has 0 aromatic heterocycles. The molecular formula is C19H26ClNO6. The molecule has 0 heterocycles. The van der Waals surface area contributed by atoms with Crippen LogP contribution in [0.5, 0.6) is 0 Å². The van der Waals surface area contributed by atoms with Crippen LogP contribution < -0.4 is 0 Å². The molecule has 1 rings (SSSR count). The molecule has 27 heavy (non-hydrogen) atoms. The topological polar surface area (TPSA) is 95.7 Å². The maximum Gasteiger partial charge on any atom is 0.306 e. The van der Waals surface area contributed by atoms with E-state index < -0.39 is 16.9 Å². The minimum absolute atomic E-state index is 0.0720. The molecule has 0 saturated carbocycles. The molecule has 0 spiro atoms. The van der Waals surface area contributed by atoms with E-state index >= 15 is 0 Å². The van der Waals surface area contributed by atoms with Crippen LogP contribution in [0.4, 0.5) is 5.69 Å². The van der Waals surface area contributed by atoms with Gasteiger partial charge >= 0.3 is 11.9 Å². The van der Waals surface area contributed by atoms with Crippen LogP contribution in [0.2, 0.25) is 5.02 Å². The molecular weight excluding hydrogens is 374 g/mol. The van der Waals surface area contributed by atoms with Gasteiger partial charge in [0.1, 0.15) is 6.61 Å². The third-order valence-corrected chi connectivity index (χ3v) is 4.16. The molecule has 7 nitrogen and oxygen atoms in total. The lowest BCUT2D eigenvalue weighted by molar-refractivity contribution is -0.385. The summed E-state index contributed by atoms with van der Waals surface area (Å²) in [5, 5.41) is 11.2. The van der Waals surface area contributed by atoms with Gasteiger partial charge in [-0.05, 0) is 18.6 Å². The fourth-order valence-electron chi connectivity index (χ4n) is 2.40. The molecule has 0 aliphatic heterocycles. The van der Waals surface area contributed by atoms with Crippen molar-refractivity contribution in [1.82, 2.24) is 0 Å². The predicted molar refractivity (Wildman–Crippen MR) is 101 cm³/mol. The number of nitrogens with zero attached hydrogens (tertiary/aromatic N) is 1. The van der Waals surface area contributed by atoms with Crippen LogP contribution in [0.15, 0.2) is 18.2 Å². The smallest absolute Gasteiger partial charge is 0.306 e. The van der Waals surface area contributed by atoms with Crippen LogP contribution in [-0.2, 0) is 25.7 Å². The van der Waals surface area contributed by atoms with Crippen LogP contribution in [0.1, 0.15) is 63.9 Å². The number of ether oxygens (including phenoxy) is 2. The van der Waals surface area contributed by atoms with Crippen molar-refractivity contribution in [2.75, 3.05) is 6.61 Å². The highest BCUT2D eigenvalue weighted by Crippen LogP contribution is 2.24. The Morgan fingerprint density at radius 2 is 1.67 bits per heavy atom. The van der Waals surface area contributed by atoms with E-state index in [9.17, 15) is 19.7 Å². The molecule has 0 unspecified atom stereocenters. The van der Waals surface area contributed by atoms with Crippen molar-refractivity contribution in [3.8, 4) is 0 Å². The largest absolute Gasteiger partial charge is 0.466 e. The zero-order chi connectivity index (χ0) is 20.1. The van der Waals surface area contributed by atoms with Crippen LogP contribution >= 0.6 is 11.6 Å². The highest BCUT2D eigenvalue weighted by molar-refractivity contribution is 6.30. The molecule has 1 aromatic carbocycles. The summed E-state index contributed by atoms with van der Waals surface area (Å²) >= 11 is 5.73. The predicted octanol–water partition coefficient (Wildman–Crippen LogP) is 4.98. The van der Waals surface area contributed by atoms with Crippen LogP contribution in [0, 0.1) is 10.1 Å². The lowest BCUT2D eigenvalue weighted by Gasteiger charge is -2.07. The Morgan fingerprint density at radius 1 is 1.04 bits per heavy atom. The van der Waals surface area contributed by atoms with Gasteiger partial charge < -0.3 is 9.47 Å². The fourth-order valence-corrected chi connectivity index (χ4v) is 2.57. The lowest BCUT2D eigenvalue weighted by Crippen LogP contribution is -2.11. The fraction of sp³-hybridized carbons (Fsp3) is 0.579. The van der Waals surface area contributed by atoms with Crippen molar-refractivity contribution in [2.45, 2.75) is 64.9 Å². The minimum Gasteiger partial charge on any atom is -0.466 e. The number of rotatable bonds is 13. The standard InChI is InChI=1S/C19H26ClNO6/c1-2-3-4-5-6-7-12-26-18(22)10-11-19(23)27-14-15-8-9-16(20)13-17(15)21(24)25/h8-9,13H,2-7,10-12,14H2,1H3. The summed E-state index contributed by atoms with van der Waals surface area (Å²) in [6, 6.07) is 4.12. The number of carbonyl (C=O) groups is 2. The van der Waals surface area contributed by atoms with E-state index in [0.717, 1.165) is 19.3 Å². The van der Waals surface area contributed by atoms with Crippen LogP contribution in [-0.4, -0.2) is 23.5 Å². The van der Waals surface area contributed by atoms with E-state index in [2.05, 4.69) is 6.92 Å². The summed E-state index contributed by atoms with van der Waals surface area (Å²) in [6.45, 7) is 2.26. The second-order valence-electron chi connectivity index (χ2n) is 6.18. The van der Waals surface area contributed by atoms with Crippen molar-refractivity contribution in [3.05, 3.63) is 38.9 Å². The van der Waals surface area contributed by atoms with E-state index in [1.54, 1.807) is 0 Å². The Morgan fingerprint density at radius 3 is 2.33 bits per heavy atom. The second-order valence-corrected chi connectivity index (χ2v) is 6.62. The zero-order valence-electron chi connectivity index (χ0n) is 15.6. The maximum atomic E-state index is 11.7. The van der Waals surface area contributed by atoms with Gasteiger partial charge in [0.15, 0.2) is 0 Å². The summed E-state index contributed by atoms with van der Waals surface area (Å²) in [5.41, 5.74) is 0.0250. The molecule has 0 radical (unpaired) electrons. The SMILES string of the molecule is CCCCCCCCOC(=O)CCC(=O)OCc1ccc(Cl)cc1[N+](=O)[O-]. The summed E-state index contributed by atoms with van der Waals surface area (Å²) in [6.07, 6.45) is 6.39. The highest BCUT2D eigenvalue weighted by atomic mass is 35.5. The Kier molecular flexibility index (Phi) is 11.1. The summed E-state index contributed by atoms with van der Waals surface area (Å²) < 4.78 is 10.1. The van der Waals surface area contributed by atoms with E-state index in [-0.39, 0.29) is 35.7 Å². The number of halogens is 1. The van der Waals surface area contributed by atoms with E-state index in [1.807, 2.05) is 0 Å². The average Bonchev–Trinajstić information content (AvgIpc) is 2.64. The van der Waals surface area contributed by atoms with Gasteiger partial charge in [0.2, 0.25) is 0 Å². The lowest BCUT2D eigenvalue weighted by atomic mass is 10.1. The minimum atomic E-state index is -0.615. The summed E-state index contributed by atoms with van der Waals surface area (Å²) in [5.74, 6) is -1.06. The first-order valence-corrected chi connectivity index (χ1v) is 9.56. The molecule has 150 valence electrons. The van der Waals surface area contributed by atoms with Crippen molar-refractivity contribution < 1.29 is 24.0 Å². The van der Waals surface area contributed by atoms with Crippen LogP contribution in [0.3, 0.4) is 0 Å². The number of unbranched alkanes of at least 4 members (excludes halogenated alkanes) is 5. The molecule has 0 amide bonds. The van der Waals surface area contributed by atoms with Gasteiger partial charge in [0, 0.05) is 11.1 Å². The highest BCUT2D eigenvalue weighted by Gasteiger charge is 2.16. The second kappa shape index (κ2) is 13.1. The molecule has 0 aliphatic carbocycles. The normalized spacial score (nSPS) is 10.4. The first-order valence-electron chi connectivity index (χ1n) is 9.18. The number of benzene rings is 1. The van der Waals surface area contributed by atoms with Gasteiger partial charge in [-0.15, -0.1) is 0 Å². The molecule has 0 fully saturated rings. The molecule has 1 aromatic rings. The van der Waals surface area contributed by atoms with Crippen LogP contribution in [0.25, 0.3) is 0 Å². The monoisotopic (exact) mass is 399 g/mol. The Bertz CT molecular complexity index is 635. The Balaban J connectivity index is 2.22. The summed E-state index contributed by atoms with van der Waals surface area (Å²) in [7, 11) is 0. The van der Waals surface area contributed by atoms with Crippen molar-refractivity contribution in [1.29, 1.82) is 0 Å². The molecule has 0 saturated heterocycles. The first-order chi connectivity index (χ1) is 12.9. The quantitative estimate of drug-likeness (QED) is 0.201. The van der Waals surface area contributed by atoms with Gasteiger partial charge in [-0.2, -0.15) is 0 Å². The number of esters is 2. The first kappa shape index (κ1) is 22.9. The van der Waals surface area contributed by atoms with Crippen molar-refractivity contribution in [2.24, 2.45) is 0 Å². The number of hydrogen-bond donors (Lipinski definition) is 0. The van der Waals surface area contributed by atoms with Crippen molar-refractivity contribution >= 4 is 29.2 Å². The van der Waals surface area contributed by atoms with Gasteiger partial charge in [0.05, 0.1) is 29.9 Å². The molecule has 0 atom stereocenters. The van der Waals surface area contributed by atoms with Crippen molar-refractivity contribution in [3.63, 3.8) is 0 Å². The maximum absolute atomic E-state index is 11.7. The van der Waals surface area contributed by atoms with Gasteiger partial charge in [-0.3, -0.25) is 19.7 Å². The third kappa shape index (κ3) is 9.94. The zero-order valence-corrected chi connectivity index (χ0v) is 16.3. The van der Waals surface area contributed by atoms with E-state index in [4.69, 9.17) is 21.1 Å². The third-order valence-electron chi connectivity index (χ3n) is 3.93. The molecule has 0 aliphatic rings. The Labute approximate surface area is 164 Å². The molecule has 0 bridgehead atoms.